The highest BCUT2D eigenvalue weighted by atomic mass is 35.5. The number of amides is 2. The Morgan fingerprint density at radius 2 is 1.95 bits per heavy atom. The maximum Gasteiger partial charge on any atom is 0.256 e. The van der Waals surface area contributed by atoms with E-state index in [1.54, 1.807) is 0 Å². The van der Waals surface area contributed by atoms with Crippen molar-refractivity contribution in [1.29, 1.82) is 0 Å². The van der Waals surface area contributed by atoms with Crippen molar-refractivity contribution in [2.45, 2.75) is 26.3 Å². The number of rotatable bonds is 5. The summed E-state index contributed by atoms with van der Waals surface area (Å²) >= 11 is 0. The van der Waals surface area contributed by atoms with Gasteiger partial charge in [-0.1, -0.05) is 20.3 Å². The zero-order chi connectivity index (χ0) is 16.2. The first-order chi connectivity index (χ1) is 9.77. The Balaban J connectivity index is 0.00000441. The summed E-state index contributed by atoms with van der Waals surface area (Å²) in [6.07, 6.45) is 0.780. The summed E-state index contributed by atoms with van der Waals surface area (Å²) in [7, 11) is 3.07. The van der Waals surface area contributed by atoms with Gasteiger partial charge in [0.1, 0.15) is 5.82 Å². The van der Waals surface area contributed by atoms with Crippen LogP contribution in [0, 0.1) is 11.7 Å². The first kappa shape index (κ1) is 20.3. The number of benzene rings is 1. The van der Waals surface area contributed by atoms with Crippen LogP contribution in [0.1, 0.15) is 30.6 Å². The molecule has 124 valence electrons. The van der Waals surface area contributed by atoms with Gasteiger partial charge in [-0.15, -0.1) is 12.4 Å². The summed E-state index contributed by atoms with van der Waals surface area (Å²) in [5.74, 6) is -1.40. The van der Waals surface area contributed by atoms with Crippen molar-refractivity contribution in [3.63, 3.8) is 0 Å². The zero-order valence-electron chi connectivity index (χ0n) is 13.2. The van der Waals surface area contributed by atoms with Crippen LogP contribution < -0.4 is 11.1 Å². The molecule has 2 atom stereocenters. The zero-order valence-corrected chi connectivity index (χ0v) is 14.0. The van der Waals surface area contributed by atoms with Crippen LogP contribution in [0.2, 0.25) is 0 Å². The Bertz CT molecular complexity index is 538. The van der Waals surface area contributed by atoms with Gasteiger partial charge in [0.2, 0.25) is 5.91 Å². The fourth-order valence-electron chi connectivity index (χ4n) is 1.75. The van der Waals surface area contributed by atoms with Crippen molar-refractivity contribution in [1.82, 2.24) is 4.90 Å². The van der Waals surface area contributed by atoms with E-state index >= 15 is 0 Å². The summed E-state index contributed by atoms with van der Waals surface area (Å²) < 4.78 is 13.7. The second-order valence-corrected chi connectivity index (χ2v) is 5.29. The molecule has 0 saturated carbocycles. The lowest BCUT2D eigenvalue weighted by Gasteiger charge is -2.18. The van der Waals surface area contributed by atoms with Crippen LogP contribution in [0.4, 0.5) is 10.1 Å². The van der Waals surface area contributed by atoms with Crippen LogP contribution in [-0.4, -0.2) is 36.9 Å². The molecule has 0 heterocycles. The summed E-state index contributed by atoms with van der Waals surface area (Å²) in [4.78, 5) is 25.1. The number of halogens is 2. The maximum absolute atomic E-state index is 13.7. The SMILES string of the molecule is CCC(C)C(N)C(=O)Nc1ccc(F)c(C(=O)N(C)C)c1.Cl. The lowest BCUT2D eigenvalue weighted by molar-refractivity contribution is -0.118. The predicted molar refractivity (Wildman–Crippen MR) is 87.7 cm³/mol. The number of hydrogen-bond donors (Lipinski definition) is 2. The third-order valence-electron chi connectivity index (χ3n) is 3.43. The van der Waals surface area contributed by atoms with Gasteiger partial charge in [0.15, 0.2) is 0 Å². The smallest absolute Gasteiger partial charge is 0.256 e. The molecule has 0 aliphatic heterocycles. The summed E-state index contributed by atoms with van der Waals surface area (Å²) in [5.41, 5.74) is 6.10. The van der Waals surface area contributed by atoms with Crippen LogP contribution in [0.15, 0.2) is 18.2 Å². The molecule has 0 aromatic heterocycles. The van der Waals surface area contributed by atoms with Crippen LogP contribution in [0.3, 0.4) is 0 Å². The fraction of sp³-hybridized carbons (Fsp3) is 0.467. The minimum Gasteiger partial charge on any atom is -0.345 e. The second kappa shape index (κ2) is 8.70. The third-order valence-corrected chi connectivity index (χ3v) is 3.43. The van der Waals surface area contributed by atoms with Crippen molar-refractivity contribution in [3.8, 4) is 0 Å². The molecule has 0 radical (unpaired) electrons. The topological polar surface area (TPSA) is 75.4 Å². The van der Waals surface area contributed by atoms with Gasteiger partial charge in [0.05, 0.1) is 11.6 Å². The predicted octanol–water partition coefficient (Wildman–Crippen LogP) is 2.26. The molecule has 1 aromatic carbocycles. The first-order valence-corrected chi connectivity index (χ1v) is 6.85. The Morgan fingerprint density at radius 3 is 2.45 bits per heavy atom. The van der Waals surface area contributed by atoms with Gasteiger partial charge < -0.3 is 16.0 Å². The molecule has 0 spiro atoms. The molecule has 0 fully saturated rings. The largest absolute Gasteiger partial charge is 0.345 e. The van der Waals surface area contributed by atoms with Crippen molar-refractivity contribution in [2.75, 3.05) is 19.4 Å². The van der Waals surface area contributed by atoms with Crippen LogP contribution in [0.5, 0.6) is 0 Å². The molecule has 1 aromatic rings. The molecular weight excluding hydrogens is 309 g/mol. The first-order valence-electron chi connectivity index (χ1n) is 6.85. The fourth-order valence-corrected chi connectivity index (χ4v) is 1.75. The molecule has 22 heavy (non-hydrogen) atoms. The van der Waals surface area contributed by atoms with E-state index in [0.717, 1.165) is 12.5 Å². The molecule has 0 saturated heterocycles. The highest BCUT2D eigenvalue weighted by Crippen LogP contribution is 2.17. The van der Waals surface area contributed by atoms with E-state index in [1.807, 2.05) is 13.8 Å². The summed E-state index contributed by atoms with van der Waals surface area (Å²) in [6.45, 7) is 3.83. The van der Waals surface area contributed by atoms with Crippen molar-refractivity contribution in [2.24, 2.45) is 11.7 Å². The molecule has 2 amide bonds. The summed E-state index contributed by atoms with van der Waals surface area (Å²) in [5, 5.41) is 2.62. The molecule has 5 nitrogen and oxygen atoms in total. The third kappa shape index (κ3) is 4.96. The molecule has 0 aliphatic rings. The number of carbonyl (C=O) groups excluding carboxylic acids is 2. The van der Waals surface area contributed by atoms with E-state index in [0.29, 0.717) is 5.69 Å². The van der Waals surface area contributed by atoms with E-state index in [2.05, 4.69) is 5.32 Å². The number of nitrogens with one attached hydrogen (secondary N) is 1. The quantitative estimate of drug-likeness (QED) is 0.869. The maximum atomic E-state index is 13.7. The average molecular weight is 332 g/mol. The van der Waals surface area contributed by atoms with Gasteiger partial charge in [0.25, 0.3) is 5.91 Å². The number of anilines is 1. The lowest BCUT2D eigenvalue weighted by atomic mass is 9.99. The highest BCUT2D eigenvalue weighted by molar-refractivity contribution is 5.98. The van der Waals surface area contributed by atoms with E-state index in [1.165, 1.54) is 31.1 Å². The Kier molecular flexibility index (Phi) is 8.05. The van der Waals surface area contributed by atoms with Crippen LogP contribution in [0.25, 0.3) is 0 Å². The van der Waals surface area contributed by atoms with E-state index in [4.69, 9.17) is 5.73 Å². The van der Waals surface area contributed by atoms with Gasteiger partial charge in [-0.3, -0.25) is 9.59 Å². The van der Waals surface area contributed by atoms with E-state index in [9.17, 15) is 14.0 Å². The van der Waals surface area contributed by atoms with Crippen LogP contribution >= 0.6 is 12.4 Å². The number of nitrogens with zero attached hydrogens (tertiary/aromatic N) is 1. The van der Waals surface area contributed by atoms with E-state index in [-0.39, 0.29) is 29.8 Å². The van der Waals surface area contributed by atoms with Gasteiger partial charge in [-0.25, -0.2) is 4.39 Å². The minimum atomic E-state index is -0.645. The Labute approximate surface area is 136 Å². The Morgan fingerprint density at radius 1 is 1.36 bits per heavy atom. The van der Waals surface area contributed by atoms with Gasteiger partial charge in [0, 0.05) is 19.8 Å². The van der Waals surface area contributed by atoms with Crippen LogP contribution in [-0.2, 0) is 4.79 Å². The number of nitrogens with two attached hydrogens (primary N) is 1. The van der Waals surface area contributed by atoms with Crippen molar-refractivity contribution in [3.05, 3.63) is 29.6 Å². The Hall–Kier alpha value is -1.66. The summed E-state index contributed by atoms with van der Waals surface area (Å²) in [6, 6.07) is 3.23. The average Bonchev–Trinajstić information content (AvgIpc) is 2.46. The highest BCUT2D eigenvalue weighted by Gasteiger charge is 2.20. The monoisotopic (exact) mass is 331 g/mol. The van der Waals surface area contributed by atoms with E-state index < -0.39 is 17.8 Å². The molecular formula is C15H23ClFN3O2. The molecule has 2 unspecified atom stereocenters. The number of hydrogen-bond acceptors (Lipinski definition) is 3. The van der Waals surface area contributed by atoms with Gasteiger partial charge in [-0.05, 0) is 24.1 Å². The second-order valence-electron chi connectivity index (χ2n) is 5.29. The van der Waals surface area contributed by atoms with Crippen molar-refractivity contribution < 1.29 is 14.0 Å². The molecule has 7 heteroatoms. The van der Waals surface area contributed by atoms with Gasteiger partial charge in [-0.2, -0.15) is 0 Å². The normalized spacial score (nSPS) is 12.8. The standard InChI is InChI=1S/C15H22FN3O2.ClH/c1-5-9(2)13(17)14(20)18-10-6-7-12(16)11(8-10)15(21)19(3)4;/h6-9,13H,5,17H2,1-4H3,(H,18,20);1H. The van der Waals surface area contributed by atoms with Gasteiger partial charge >= 0.3 is 0 Å². The lowest BCUT2D eigenvalue weighted by Crippen LogP contribution is -2.40. The molecule has 0 bridgehead atoms. The minimum absolute atomic E-state index is 0. The molecule has 0 aliphatic carbocycles. The molecule has 1 rings (SSSR count). The molecule has 3 N–H and O–H groups in total. The van der Waals surface area contributed by atoms with Crippen molar-refractivity contribution >= 4 is 29.9 Å². The number of carbonyl (C=O) groups is 2.